The first-order valence-corrected chi connectivity index (χ1v) is 13.4. The Morgan fingerprint density at radius 3 is 2.85 bits per heavy atom. The number of aliphatic hydroxyl groups is 1. The molecule has 4 atom stereocenters. The van der Waals surface area contributed by atoms with E-state index in [9.17, 15) is 20.3 Å². The fraction of sp³-hybridized carbons (Fsp3) is 0.464. The minimum atomic E-state index is -1.19. The smallest absolute Gasteiger partial charge is 0.356 e. The van der Waals surface area contributed by atoms with Gasteiger partial charge < -0.3 is 25.2 Å². The van der Waals surface area contributed by atoms with Crippen molar-refractivity contribution in [1.29, 1.82) is 5.26 Å². The molecule has 4 heterocycles. The fourth-order valence-electron chi connectivity index (χ4n) is 5.81. The van der Waals surface area contributed by atoms with Crippen LogP contribution in [-0.2, 0) is 4.74 Å². The Hall–Kier alpha value is -3.52. The van der Waals surface area contributed by atoms with Crippen LogP contribution in [0.15, 0.2) is 24.3 Å². The molecule has 39 heavy (non-hydrogen) atoms. The van der Waals surface area contributed by atoms with Crippen LogP contribution in [0.4, 0.5) is 11.5 Å². The highest BCUT2D eigenvalue weighted by molar-refractivity contribution is 6.29. The predicted octanol–water partition coefficient (Wildman–Crippen LogP) is 4.49. The summed E-state index contributed by atoms with van der Waals surface area (Å²) in [4.78, 5) is 27.6. The van der Waals surface area contributed by atoms with E-state index in [1.54, 1.807) is 6.07 Å². The molecule has 3 N–H and O–H groups in total. The molecule has 0 spiro atoms. The molecule has 3 aromatic rings. The lowest BCUT2D eigenvalue weighted by Crippen LogP contribution is -2.53. The molecule has 1 aromatic carbocycles. The van der Waals surface area contributed by atoms with Crippen molar-refractivity contribution in [3.63, 3.8) is 0 Å². The zero-order chi connectivity index (χ0) is 27.9. The van der Waals surface area contributed by atoms with E-state index in [2.05, 4.69) is 21.3 Å². The normalized spacial score (nSPS) is 23.9. The largest absolute Gasteiger partial charge is 0.476 e. The Morgan fingerprint density at radius 2 is 2.13 bits per heavy atom. The lowest BCUT2D eigenvalue weighted by molar-refractivity contribution is -0.108. The number of carboxylic acid groups (broad SMARTS) is 1. The molecule has 0 amide bonds. The summed E-state index contributed by atoms with van der Waals surface area (Å²) in [6.45, 7) is 7.37. The third kappa shape index (κ3) is 5.22. The first-order chi connectivity index (χ1) is 18.6. The van der Waals surface area contributed by atoms with E-state index in [1.165, 1.54) is 6.07 Å². The van der Waals surface area contributed by atoms with Gasteiger partial charge in [0.2, 0.25) is 0 Å². The summed E-state index contributed by atoms with van der Waals surface area (Å²) in [5.74, 6) is -0.821. The Morgan fingerprint density at radius 1 is 1.33 bits per heavy atom. The molecule has 2 saturated heterocycles. The number of rotatable bonds is 6. The lowest BCUT2D eigenvalue weighted by Gasteiger charge is -2.43. The second kappa shape index (κ2) is 10.6. The molecule has 3 unspecified atom stereocenters. The van der Waals surface area contributed by atoms with Gasteiger partial charge >= 0.3 is 5.97 Å². The average Bonchev–Trinajstić information content (AvgIpc) is 3.37. The van der Waals surface area contributed by atoms with Gasteiger partial charge in [0, 0.05) is 30.7 Å². The second-order valence-corrected chi connectivity index (χ2v) is 11.0. The van der Waals surface area contributed by atoms with Gasteiger partial charge in [-0.2, -0.15) is 5.26 Å². The van der Waals surface area contributed by atoms with Crippen LogP contribution in [0.3, 0.4) is 0 Å². The number of hydrogen-bond donors (Lipinski definition) is 3. The SMILES string of the molecule is Cc1cc([C@@H](C)Nc2ccc(Cl)nc2C(=O)O)c2nc(N3CCCC3C3COCCC3(C)O)c(C#N)nc2c1. The highest BCUT2D eigenvalue weighted by atomic mass is 35.5. The van der Waals surface area contributed by atoms with E-state index in [0.29, 0.717) is 48.7 Å². The maximum Gasteiger partial charge on any atom is 0.356 e. The van der Waals surface area contributed by atoms with Gasteiger partial charge in [0.25, 0.3) is 0 Å². The van der Waals surface area contributed by atoms with E-state index in [1.807, 2.05) is 32.9 Å². The van der Waals surface area contributed by atoms with Crippen LogP contribution < -0.4 is 10.2 Å². The Kier molecular flexibility index (Phi) is 7.33. The predicted molar refractivity (Wildman–Crippen MR) is 147 cm³/mol. The number of anilines is 2. The summed E-state index contributed by atoms with van der Waals surface area (Å²) in [6.07, 6.45) is 2.32. The third-order valence-corrected chi connectivity index (χ3v) is 8.03. The van der Waals surface area contributed by atoms with Crippen molar-refractivity contribution < 1.29 is 19.7 Å². The number of carbonyl (C=O) groups is 1. The number of aryl methyl sites for hydroxylation is 1. The number of aromatic nitrogens is 3. The highest BCUT2D eigenvalue weighted by Crippen LogP contribution is 2.39. The number of halogens is 1. The number of nitrogens with one attached hydrogen (secondary N) is 1. The standard InChI is InChI=1S/C28H31ClN6O4/c1-15-11-17(16(2)31-19-6-7-23(29)33-25(19)27(36)37)24-20(12-15)32-21(13-30)26(34-24)35-9-4-5-22(35)18-14-39-10-8-28(18,3)38/h6-7,11-12,16,18,22,31,38H,4-5,8-10,14H2,1-3H3,(H,36,37)/t16-,18?,22?,28?/m1/s1. The number of hydrogen-bond acceptors (Lipinski definition) is 9. The van der Waals surface area contributed by atoms with E-state index in [-0.39, 0.29) is 34.5 Å². The van der Waals surface area contributed by atoms with Gasteiger partial charge in [-0.25, -0.2) is 19.7 Å². The van der Waals surface area contributed by atoms with Gasteiger partial charge in [-0.3, -0.25) is 0 Å². The second-order valence-electron chi connectivity index (χ2n) is 10.6. The van der Waals surface area contributed by atoms with E-state index in [4.69, 9.17) is 26.3 Å². The van der Waals surface area contributed by atoms with Crippen molar-refractivity contribution in [2.75, 3.05) is 30.0 Å². The molecular formula is C28H31ClN6O4. The van der Waals surface area contributed by atoms with Crippen LogP contribution in [0.5, 0.6) is 0 Å². The summed E-state index contributed by atoms with van der Waals surface area (Å²) < 4.78 is 5.74. The first kappa shape index (κ1) is 27.1. The molecule has 0 radical (unpaired) electrons. The monoisotopic (exact) mass is 550 g/mol. The minimum Gasteiger partial charge on any atom is -0.476 e. The fourth-order valence-corrected chi connectivity index (χ4v) is 5.96. The van der Waals surface area contributed by atoms with Crippen LogP contribution in [0, 0.1) is 24.2 Å². The highest BCUT2D eigenvalue weighted by Gasteiger charge is 2.45. The summed E-state index contributed by atoms with van der Waals surface area (Å²) >= 11 is 5.93. The molecule has 2 aliphatic heterocycles. The van der Waals surface area contributed by atoms with Gasteiger partial charge in [0.1, 0.15) is 11.2 Å². The number of carboxylic acids is 1. The Balaban J connectivity index is 1.57. The number of nitrogens with zero attached hydrogens (tertiary/aromatic N) is 5. The molecule has 2 aliphatic rings. The number of aromatic carboxylic acids is 1. The summed E-state index contributed by atoms with van der Waals surface area (Å²) in [6, 6.07) is 8.81. The van der Waals surface area contributed by atoms with Crippen LogP contribution in [-0.4, -0.2) is 62.5 Å². The molecule has 5 rings (SSSR count). The van der Waals surface area contributed by atoms with Crippen molar-refractivity contribution in [1.82, 2.24) is 15.0 Å². The van der Waals surface area contributed by atoms with Crippen molar-refractivity contribution in [3.05, 3.63) is 51.9 Å². The number of nitriles is 1. The third-order valence-electron chi connectivity index (χ3n) is 7.82. The van der Waals surface area contributed by atoms with E-state index < -0.39 is 11.6 Å². The number of benzene rings is 1. The average molecular weight is 551 g/mol. The summed E-state index contributed by atoms with van der Waals surface area (Å²) in [5.41, 5.74) is 2.44. The topological polar surface area (TPSA) is 144 Å². The van der Waals surface area contributed by atoms with E-state index in [0.717, 1.165) is 24.0 Å². The maximum atomic E-state index is 11.8. The quantitative estimate of drug-likeness (QED) is 0.375. The summed E-state index contributed by atoms with van der Waals surface area (Å²) in [7, 11) is 0. The maximum absolute atomic E-state index is 11.8. The molecule has 2 fully saturated rings. The van der Waals surface area contributed by atoms with Gasteiger partial charge in [-0.05, 0) is 63.8 Å². The molecular weight excluding hydrogens is 520 g/mol. The van der Waals surface area contributed by atoms with Crippen molar-refractivity contribution in [2.24, 2.45) is 5.92 Å². The Labute approximate surface area is 231 Å². The molecule has 2 aromatic heterocycles. The van der Waals surface area contributed by atoms with Crippen molar-refractivity contribution in [2.45, 2.75) is 57.7 Å². The van der Waals surface area contributed by atoms with Gasteiger partial charge in [0.05, 0.1) is 35.0 Å². The zero-order valence-corrected chi connectivity index (χ0v) is 22.9. The van der Waals surface area contributed by atoms with Crippen LogP contribution in [0.1, 0.15) is 66.5 Å². The molecule has 11 heteroatoms. The molecule has 0 aliphatic carbocycles. The molecule has 0 saturated carbocycles. The first-order valence-electron chi connectivity index (χ1n) is 13.0. The van der Waals surface area contributed by atoms with Gasteiger partial charge in [-0.15, -0.1) is 0 Å². The number of ether oxygens (including phenoxy) is 1. The zero-order valence-electron chi connectivity index (χ0n) is 22.1. The number of fused-ring (bicyclic) bond motifs is 1. The minimum absolute atomic E-state index is 0.0399. The van der Waals surface area contributed by atoms with E-state index >= 15 is 0 Å². The molecule has 0 bridgehead atoms. The van der Waals surface area contributed by atoms with Gasteiger partial charge in [-0.1, -0.05) is 17.7 Å². The number of pyridine rings is 1. The molecule has 10 nitrogen and oxygen atoms in total. The van der Waals surface area contributed by atoms with Crippen LogP contribution in [0.25, 0.3) is 11.0 Å². The van der Waals surface area contributed by atoms with Crippen LogP contribution in [0.2, 0.25) is 5.15 Å². The molecule has 204 valence electrons. The van der Waals surface area contributed by atoms with Gasteiger partial charge in [0.15, 0.2) is 17.2 Å². The van der Waals surface area contributed by atoms with Crippen molar-refractivity contribution in [3.8, 4) is 6.07 Å². The van der Waals surface area contributed by atoms with Crippen LogP contribution >= 0.6 is 11.6 Å². The lowest BCUT2D eigenvalue weighted by atomic mass is 9.79. The Bertz CT molecular complexity index is 1470. The van der Waals surface area contributed by atoms with Crippen molar-refractivity contribution >= 4 is 40.1 Å². The summed E-state index contributed by atoms with van der Waals surface area (Å²) in [5, 5.41) is 34.2.